The van der Waals surface area contributed by atoms with Crippen LogP contribution in [-0.4, -0.2) is 16.6 Å². The van der Waals surface area contributed by atoms with E-state index in [4.69, 9.17) is 4.74 Å². The van der Waals surface area contributed by atoms with Gasteiger partial charge in [-0.3, -0.25) is 0 Å². The monoisotopic (exact) mass is 376 g/mol. The molecule has 1 aromatic heterocycles. The van der Waals surface area contributed by atoms with Gasteiger partial charge in [0.1, 0.15) is 11.6 Å². The van der Waals surface area contributed by atoms with Crippen molar-refractivity contribution in [3.63, 3.8) is 0 Å². The zero-order valence-electron chi connectivity index (χ0n) is 17.2. The summed E-state index contributed by atoms with van der Waals surface area (Å²) in [5.74, 6) is 2.08. The minimum absolute atomic E-state index is 0.0188. The van der Waals surface area contributed by atoms with Crippen LogP contribution in [0.5, 0.6) is 5.75 Å². The van der Waals surface area contributed by atoms with Gasteiger partial charge >= 0.3 is 0 Å². The van der Waals surface area contributed by atoms with Crippen molar-refractivity contribution < 1.29 is 4.74 Å². The number of anilines is 4. The lowest BCUT2D eigenvalue weighted by Gasteiger charge is -2.23. The van der Waals surface area contributed by atoms with Crippen LogP contribution in [0.1, 0.15) is 39.0 Å². The molecule has 0 bridgehead atoms. The van der Waals surface area contributed by atoms with E-state index in [-0.39, 0.29) is 5.41 Å². The van der Waals surface area contributed by atoms with Crippen molar-refractivity contribution in [1.82, 2.24) is 9.97 Å². The van der Waals surface area contributed by atoms with E-state index < -0.39 is 0 Å². The Morgan fingerprint density at radius 1 is 0.893 bits per heavy atom. The first-order valence-electron chi connectivity index (χ1n) is 9.58. The van der Waals surface area contributed by atoms with Gasteiger partial charge in [0.15, 0.2) is 0 Å². The van der Waals surface area contributed by atoms with Crippen molar-refractivity contribution in [2.75, 3.05) is 17.2 Å². The Labute approximate surface area is 167 Å². The van der Waals surface area contributed by atoms with E-state index in [0.29, 0.717) is 12.6 Å². The summed E-state index contributed by atoms with van der Waals surface area (Å²) < 4.78 is 5.70. The van der Waals surface area contributed by atoms with Crippen LogP contribution in [0.3, 0.4) is 0 Å². The molecule has 5 heteroatoms. The molecule has 5 nitrogen and oxygen atoms in total. The zero-order chi connectivity index (χ0) is 20.1. The Bertz CT molecular complexity index is 947. The van der Waals surface area contributed by atoms with E-state index in [1.807, 2.05) is 50.2 Å². The molecule has 2 aromatic carbocycles. The lowest BCUT2D eigenvalue weighted by molar-refractivity contribution is 0.342. The first-order valence-corrected chi connectivity index (χ1v) is 9.58. The molecule has 3 aromatic rings. The van der Waals surface area contributed by atoms with Crippen molar-refractivity contribution in [1.29, 1.82) is 0 Å². The fourth-order valence-corrected chi connectivity index (χ4v) is 3.04. The second-order valence-corrected chi connectivity index (χ2v) is 7.69. The highest BCUT2D eigenvalue weighted by molar-refractivity contribution is 5.66. The number of ether oxygens (including phenoxy) is 1. The quantitative estimate of drug-likeness (QED) is 0.555. The molecule has 0 fully saturated rings. The highest BCUT2D eigenvalue weighted by atomic mass is 16.5. The standard InChI is InChI=1S/C23H28N4O/c1-6-28-20-14-10-9-13-19(20)25-21-15-16(2)24-22(27-21)26-18-12-8-7-11-17(18)23(3,4)5/h7-15H,6H2,1-5H3,(H2,24,25,26,27). The largest absolute Gasteiger partial charge is 0.492 e. The summed E-state index contributed by atoms with van der Waals surface area (Å²) in [6, 6.07) is 18.0. The summed E-state index contributed by atoms with van der Waals surface area (Å²) in [6.07, 6.45) is 0. The molecule has 2 N–H and O–H groups in total. The Balaban J connectivity index is 1.90. The van der Waals surface area contributed by atoms with Crippen molar-refractivity contribution in [3.8, 4) is 5.75 Å². The highest BCUT2D eigenvalue weighted by Crippen LogP contribution is 2.31. The van der Waals surface area contributed by atoms with Crippen LogP contribution in [0.2, 0.25) is 0 Å². The number of aromatic nitrogens is 2. The summed E-state index contributed by atoms with van der Waals surface area (Å²) in [4.78, 5) is 9.22. The molecule has 0 aliphatic heterocycles. The van der Waals surface area contributed by atoms with Gasteiger partial charge in [-0.1, -0.05) is 51.1 Å². The molecule has 1 heterocycles. The minimum atomic E-state index is 0.0188. The van der Waals surface area contributed by atoms with Crippen molar-refractivity contribution in [2.45, 2.75) is 40.0 Å². The fraction of sp³-hybridized carbons (Fsp3) is 0.304. The molecular formula is C23H28N4O. The Morgan fingerprint density at radius 3 is 2.29 bits per heavy atom. The number of nitrogens with zero attached hydrogens (tertiary/aromatic N) is 2. The molecule has 0 amide bonds. The van der Waals surface area contributed by atoms with Crippen LogP contribution < -0.4 is 15.4 Å². The van der Waals surface area contributed by atoms with Crippen LogP contribution in [0.4, 0.5) is 23.1 Å². The maximum absolute atomic E-state index is 5.70. The molecule has 146 valence electrons. The van der Waals surface area contributed by atoms with E-state index in [9.17, 15) is 0 Å². The predicted octanol–water partition coefficient (Wildman–Crippen LogP) is 5.97. The number of aryl methyl sites for hydroxylation is 1. The van der Waals surface area contributed by atoms with Crippen LogP contribution in [0.25, 0.3) is 0 Å². The fourth-order valence-electron chi connectivity index (χ4n) is 3.04. The molecule has 0 saturated carbocycles. The second-order valence-electron chi connectivity index (χ2n) is 7.69. The Morgan fingerprint density at radius 2 is 1.57 bits per heavy atom. The molecular weight excluding hydrogens is 348 g/mol. The molecule has 0 saturated heterocycles. The van der Waals surface area contributed by atoms with E-state index >= 15 is 0 Å². The summed E-state index contributed by atoms with van der Waals surface area (Å²) in [7, 11) is 0. The highest BCUT2D eigenvalue weighted by Gasteiger charge is 2.18. The summed E-state index contributed by atoms with van der Waals surface area (Å²) in [5.41, 5.74) is 4.01. The van der Waals surface area contributed by atoms with E-state index in [0.717, 1.165) is 28.6 Å². The van der Waals surface area contributed by atoms with Crippen LogP contribution >= 0.6 is 0 Å². The lowest BCUT2D eigenvalue weighted by Crippen LogP contribution is -2.14. The van der Waals surface area contributed by atoms with Gasteiger partial charge in [-0.05, 0) is 43.0 Å². The molecule has 3 rings (SSSR count). The molecule has 0 unspecified atom stereocenters. The van der Waals surface area contributed by atoms with Gasteiger partial charge in [0.2, 0.25) is 5.95 Å². The van der Waals surface area contributed by atoms with Crippen molar-refractivity contribution in [3.05, 3.63) is 65.9 Å². The van der Waals surface area contributed by atoms with Crippen LogP contribution in [-0.2, 0) is 5.41 Å². The number of hydrogen-bond acceptors (Lipinski definition) is 5. The van der Waals surface area contributed by atoms with Gasteiger partial charge in [0, 0.05) is 17.4 Å². The third-order valence-electron chi connectivity index (χ3n) is 4.29. The topological polar surface area (TPSA) is 59.1 Å². The van der Waals surface area contributed by atoms with Gasteiger partial charge in [-0.2, -0.15) is 4.98 Å². The first-order chi connectivity index (χ1) is 13.4. The predicted molar refractivity (Wildman–Crippen MR) is 116 cm³/mol. The van der Waals surface area contributed by atoms with Gasteiger partial charge in [0.05, 0.1) is 12.3 Å². The summed E-state index contributed by atoms with van der Waals surface area (Å²) in [5, 5.41) is 6.75. The molecule has 0 aliphatic carbocycles. The van der Waals surface area contributed by atoms with Crippen molar-refractivity contribution >= 4 is 23.1 Å². The molecule has 28 heavy (non-hydrogen) atoms. The van der Waals surface area contributed by atoms with E-state index in [1.54, 1.807) is 0 Å². The van der Waals surface area contributed by atoms with Gasteiger partial charge in [0.25, 0.3) is 0 Å². The average Bonchev–Trinajstić information content (AvgIpc) is 2.63. The summed E-state index contributed by atoms with van der Waals surface area (Å²) >= 11 is 0. The smallest absolute Gasteiger partial charge is 0.229 e. The second kappa shape index (κ2) is 8.30. The van der Waals surface area contributed by atoms with Crippen molar-refractivity contribution in [2.24, 2.45) is 0 Å². The Hall–Kier alpha value is -3.08. The molecule has 0 aliphatic rings. The zero-order valence-corrected chi connectivity index (χ0v) is 17.2. The third-order valence-corrected chi connectivity index (χ3v) is 4.29. The van der Waals surface area contributed by atoms with E-state index in [2.05, 4.69) is 59.6 Å². The lowest BCUT2D eigenvalue weighted by atomic mass is 9.86. The SMILES string of the molecule is CCOc1ccccc1Nc1cc(C)nc(Nc2ccccc2C(C)(C)C)n1. The third kappa shape index (κ3) is 4.80. The number of rotatable bonds is 6. The van der Waals surface area contributed by atoms with Gasteiger partial charge in [-0.25, -0.2) is 4.98 Å². The van der Waals surface area contributed by atoms with Gasteiger partial charge < -0.3 is 15.4 Å². The maximum Gasteiger partial charge on any atom is 0.229 e. The first kappa shape index (κ1) is 19.7. The molecule has 0 atom stereocenters. The maximum atomic E-state index is 5.70. The number of benzene rings is 2. The van der Waals surface area contributed by atoms with Crippen LogP contribution in [0.15, 0.2) is 54.6 Å². The van der Waals surface area contributed by atoms with E-state index in [1.165, 1.54) is 5.56 Å². The summed E-state index contributed by atoms with van der Waals surface area (Å²) in [6.45, 7) is 11.1. The normalized spacial score (nSPS) is 11.2. The molecule has 0 radical (unpaired) electrons. The molecule has 0 spiro atoms. The van der Waals surface area contributed by atoms with Gasteiger partial charge in [-0.15, -0.1) is 0 Å². The average molecular weight is 377 g/mol. The minimum Gasteiger partial charge on any atom is -0.492 e. The van der Waals surface area contributed by atoms with Crippen LogP contribution in [0, 0.1) is 6.92 Å². The Kier molecular flexibility index (Phi) is 5.83. The number of para-hydroxylation sites is 3. The number of hydrogen-bond donors (Lipinski definition) is 2. The number of nitrogens with one attached hydrogen (secondary N) is 2.